The summed E-state index contributed by atoms with van der Waals surface area (Å²) in [5.41, 5.74) is 9.59. The van der Waals surface area contributed by atoms with Gasteiger partial charge in [0.25, 0.3) is 5.91 Å². The van der Waals surface area contributed by atoms with Crippen LogP contribution in [0.5, 0.6) is 0 Å². The molecule has 0 aliphatic heterocycles. The van der Waals surface area contributed by atoms with Crippen LogP contribution in [0.1, 0.15) is 20.8 Å². The number of aryl methyl sites for hydroxylation is 2. The number of pyridine rings is 1. The molecule has 0 saturated heterocycles. The molecular formula is C16H15N3OS. The van der Waals surface area contributed by atoms with E-state index < -0.39 is 0 Å². The molecule has 2 heterocycles. The number of hydrogen-bond donors (Lipinski definition) is 2. The van der Waals surface area contributed by atoms with E-state index in [4.69, 9.17) is 5.73 Å². The minimum atomic E-state index is -0.180. The maximum absolute atomic E-state index is 12.4. The molecule has 0 spiro atoms. The second kappa shape index (κ2) is 5.18. The maximum atomic E-state index is 12.4. The third kappa shape index (κ3) is 2.48. The van der Waals surface area contributed by atoms with Crippen LogP contribution in [0, 0.1) is 13.8 Å². The third-order valence-electron chi connectivity index (χ3n) is 3.37. The number of nitrogens with zero attached hydrogens (tertiary/aromatic N) is 1. The minimum Gasteiger partial charge on any atom is -0.397 e. The lowest BCUT2D eigenvalue weighted by Crippen LogP contribution is -2.12. The Morgan fingerprint density at radius 3 is 2.81 bits per heavy atom. The van der Waals surface area contributed by atoms with E-state index in [1.54, 1.807) is 12.4 Å². The van der Waals surface area contributed by atoms with E-state index in [-0.39, 0.29) is 5.91 Å². The number of fused-ring (bicyclic) bond motifs is 1. The van der Waals surface area contributed by atoms with Crippen molar-refractivity contribution >= 4 is 38.7 Å². The van der Waals surface area contributed by atoms with Gasteiger partial charge in [-0.05, 0) is 31.5 Å². The highest BCUT2D eigenvalue weighted by Crippen LogP contribution is 2.33. The van der Waals surface area contributed by atoms with Gasteiger partial charge in [0.05, 0.1) is 10.4 Å². The van der Waals surface area contributed by atoms with Gasteiger partial charge in [-0.15, -0.1) is 11.3 Å². The van der Waals surface area contributed by atoms with Crippen molar-refractivity contribution in [1.82, 2.24) is 4.98 Å². The summed E-state index contributed by atoms with van der Waals surface area (Å²) in [6.07, 6.45) is 3.40. The zero-order valence-corrected chi connectivity index (χ0v) is 12.6. The monoisotopic (exact) mass is 297 g/mol. The summed E-state index contributed by atoms with van der Waals surface area (Å²) in [6, 6.07) is 7.75. The van der Waals surface area contributed by atoms with Crippen LogP contribution >= 0.6 is 11.3 Å². The van der Waals surface area contributed by atoms with E-state index in [1.165, 1.54) is 11.3 Å². The largest absolute Gasteiger partial charge is 0.397 e. The zero-order valence-electron chi connectivity index (χ0n) is 11.8. The molecule has 5 heteroatoms. The number of rotatable bonds is 2. The first-order valence-electron chi connectivity index (χ1n) is 6.57. The van der Waals surface area contributed by atoms with Crippen LogP contribution in [-0.2, 0) is 0 Å². The van der Waals surface area contributed by atoms with Crippen molar-refractivity contribution in [2.24, 2.45) is 0 Å². The van der Waals surface area contributed by atoms with Crippen LogP contribution in [-0.4, -0.2) is 10.9 Å². The predicted molar refractivity (Wildman–Crippen MR) is 87.9 cm³/mol. The average Bonchev–Trinajstić information content (AvgIpc) is 2.80. The van der Waals surface area contributed by atoms with Crippen LogP contribution in [0.4, 0.5) is 11.4 Å². The number of anilines is 2. The molecule has 3 N–H and O–H groups in total. The third-order valence-corrected chi connectivity index (χ3v) is 4.52. The Labute approximate surface area is 126 Å². The first-order chi connectivity index (χ1) is 10.1. The molecule has 4 nitrogen and oxygen atoms in total. The van der Waals surface area contributed by atoms with Crippen LogP contribution < -0.4 is 11.1 Å². The number of carbonyl (C=O) groups is 1. The van der Waals surface area contributed by atoms with Crippen LogP contribution in [0.15, 0.2) is 36.7 Å². The summed E-state index contributed by atoms with van der Waals surface area (Å²) in [5.74, 6) is -0.180. The van der Waals surface area contributed by atoms with Crippen LogP contribution in [0.25, 0.3) is 10.1 Å². The maximum Gasteiger partial charge on any atom is 0.267 e. The Balaban J connectivity index is 1.95. The Morgan fingerprint density at radius 1 is 1.29 bits per heavy atom. The summed E-state index contributed by atoms with van der Waals surface area (Å²) in [5, 5.41) is 3.80. The zero-order chi connectivity index (χ0) is 15.0. The molecule has 0 radical (unpaired) electrons. The van der Waals surface area contributed by atoms with Crippen molar-refractivity contribution in [3.8, 4) is 0 Å². The van der Waals surface area contributed by atoms with Crippen molar-refractivity contribution in [3.63, 3.8) is 0 Å². The van der Waals surface area contributed by atoms with E-state index in [0.29, 0.717) is 10.6 Å². The molecule has 21 heavy (non-hydrogen) atoms. The minimum absolute atomic E-state index is 0.180. The van der Waals surface area contributed by atoms with Crippen molar-refractivity contribution in [2.75, 3.05) is 11.1 Å². The summed E-state index contributed by atoms with van der Waals surface area (Å²) in [6.45, 7) is 4.00. The molecule has 1 aromatic carbocycles. The lowest BCUT2D eigenvalue weighted by Gasteiger charge is -2.08. The number of amides is 1. The normalized spacial score (nSPS) is 10.8. The summed E-state index contributed by atoms with van der Waals surface area (Å²) in [4.78, 5) is 17.0. The van der Waals surface area contributed by atoms with Gasteiger partial charge in [0.1, 0.15) is 4.88 Å². The predicted octanol–water partition coefficient (Wildman–Crippen LogP) is 3.75. The molecule has 2 aromatic heterocycles. The number of carbonyl (C=O) groups excluding carboxylic acids is 1. The molecule has 0 bridgehead atoms. The fourth-order valence-electron chi connectivity index (χ4n) is 2.27. The fourth-order valence-corrected chi connectivity index (χ4v) is 3.26. The van der Waals surface area contributed by atoms with Gasteiger partial charge in [0.15, 0.2) is 0 Å². The molecular weight excluding hydrogens is 282 g/mol. The van der Waals surface area contributed by atoms with Crippen LogP contribution in [0.3, 0.4) is 0 Å². The summed E-state index contributed by atoms with van der Waals surface area (Å²) in [7, 11) is 0. The highest BCUT2D eigenvalue weighted by molar-refractivity contribution is 7.21. The summed E-state index contributed by atoms with van der Waals surface area (Å²) < 4.78 is 0.917. The first kappa shape index (κ1) is 13.6. The Bertz CT molecular complexity index is 839. The van der Waals surface area contributed by atoms with Crippen LogP contribution in [0.2, 0.25) is 0 Å². The first-order valence-corrected chi connectivity index (χ1v) is 7.38. The lowest BCUT2D eigenvalue weighted by atomic mass is 10.1. The van der Waals surface area contributed by atoms with Gasteiger partial charge in [0, 0.05) is 23.5 Å². The average molecular weight is 297 g/mol. The molecule has 3 rings (SSSR count). The van der Waals surface area contributed by atoms with E-state index in [1.807, 2.05) is 38.1 Å². The molecule has 0 unspecified atom stereocenters. The SMILES string of the molecule is Cc1ccc(NC(=O)c2sc3cnccc3c2N)c(C)c1. The smallest absolute Gasteiger partial charge is 0.267 e. The fraction of sp³-hybridized carbons (Fsp3) is 0.125. The molecule has 0 fully saturated rings. The number of benzene rings is 1. The number of aromatic nitrogens is 1. The summed E-state index contributed by atoms with van der Waals surface area (Å²) >= 11 is 1.36. The molecule has 0 aliphatic carbocycles. The van der Waals surface area contributed by atoms with Gasteiger partial charge in [-0.3, -0.25) is 9.78 Å². The Morgan fingerprint density at radius 2 is 2.10 bits per heavy atom. The second-order valence-electron chi connectivity index (χ2n) is 4.99. The van der Waals surface area contributed by atoms with Crippen molar-refractivity contribution in [3.05, 3.63) is 52.7 Å². The van der Waals surface area contributed by atoms with Gasteiger partial charge in [0.2, 0.25) is 0 Å². The lowest BCUT2D eigenvalue weighted by molar-refractivity contribution is 0.103. The number of hydrogen-bond acceptors (Lipinski definition) is 4. The van der Waals surface area contributed by atoms with Gasteiger partial charge < -0.3 is 11.1 Å². The Kier molecular flexibility index (Phi) is 3.35. The molecule has 1 amide bonds. The standard InChI is InChI=1S/C16H15N3OS/c1-9-3-4-12(10(2)7-9)19-16(20)15-14(17)11-5-6-18-8-13(11)21-15/h3-8H,17H2,1-2H3,(H,19,20). The highest BCUT2D eigenvalue weighted by Gasteiger charge is 2.17. The van der Waals surface area contributed by atoms with E-state index in [9.17, 15) is 4.79 Å². The number of thiophene rings is 1. The van der Waals surface area contributed by atoms with Crippen molar-refractivity contribution < 1.29 is 4.79 Å². The molecule has 0 aliphatic rings. The Hall–Kier alpha value is -2.40. The quantitative estimate of drug-likeness (QED) is 0.757. The number of nitrogens with one attached hydrogen (secondary N) is 1. The number of nitrogens with two attached hydrogens (primary N) is 1. The number of nitrogen functional groups attached to an aromatic ring is 1. The molecule has 3 aromatic rings. The molecule has 106 valence electrons. The van der Waals surface area contributed by atoms with E-state index >= 15 is 0 Å². The topological polar surface area (TPSA) is 68.0 Å². The van der Waals surface area contributed by atoms with Gasteiger partial charge >= 0.3 is 0 Å². The van der Waals surface area contributed by atoms with Gasteiger partial charge in [-0.2, -0.15) is 0 Å². The second-order valence-corrected chi connectivity index (χ2v) is 6.04. The van der Waals surface area contributed by atoms with Crippen molar-refractivity contribution in [1.29, 1.82) is 0 Å². The van der Waals surface area contributed by atoms with Gasteiger partial charge in [-0.25, -0.2) is 0 Å². The van der Waals surface area contributed by atoms with E-state index in [0.717, 1.165) is 26.9 Å². The highest BCUT2D eigenvalue weighted by atomic mass is 32.1. The van der Waals surface area contributed by atoms with E-state index in [2.05, 4.69) is 10.3 Å². The molecule has 0 atom stereocenters. The van der Waals surface area contributed by atoms with Crippen molar-refractivity contribution in [2.45, 2.75) is 13.8 Å². The molecule has 0 saturated carbocycles. The van der Waals surface area contributed by atoms with Gasteiger partial charge in [-0.1, -0.05) is 17.7 Å².